The maximum Gasteiger partial charge on any atom is 0.433 e. The minimum Gasteiger partial charge on any atom is -0.321 e. The number of aliphatic imine (C=N–C) groups is 1. The van der Waals surface area contributed by atoms with E-state index in [2.05, 4.69) is 25.4 Å². The van der Waals surface area contributed by atoms with Crippen molar-refractivity contribution < 1.29 is 18.0 Å². The molecule has 11 heteroatoms. The van der Waals surface area contributed by atoms with Crippen LogP contribution in [0.1, 0.15) is 12.1 Å². The van der Waals surface area contributed by atoms with E-state index < -0.39 is 17.8 Å². The largest absolute Gasteiger partial charge is 0.433 e. The van der Waals surface area contributed by atoms with E-state index in [4.69, 9.17) is 11.6 Å². The van der Waals surface area contributed by atoms with Gasteiger partial charge in [-0.05, 0) is 42.8 Å². The number of carbonyl (C=O) groups excluding carboxylic acids is 1. The number of hydrogen-bond acceptors (Lipinski definition) is 5. The number of rotatable bonds is 4. The third-order valence-electron chi connectivity index (χ3n) is 4.41. The second kappa shape index (κ2) is 8.75. The Bertz CT molecular complexity index is 1230. The summed E-state index contributed by atoms with van der Waals surface area (Å²) in [6.45, 7) is 0. The summed E-state index contributed by atoms with van der Waals surface area (Å²) in [5.74, 6) is -0.481. The molecule has 1 aliphatic rings. The van der Waals surface area contributed by atoms with Crippen LogP contribution in [-0.4, -0.2) is 30.8 Å². The zero-order valence-corrected chi connectivity index (χ0v) is 17.0. The van der Waals surface area contributed by atoms with E-state index in [0.717, 1.165) is 6.07 Å². The second-order valence-electron chi connectivity index (χ2n) is 6.64. The van der Waals surface area contributed by atoms with Gasteiger partial charge in [-0.15, -0.1) is 0 Å². The maximum absolute atomic E-state index is 13.6. The SMILES string of the molecule is O=C(Nc1ccc(-n2nc(-c3cccnc3)cc2C(F)(F)F)nc1)C1=CC(Cl)=NC=CC1. The number of nitrogens with zero attached hydrogens (tertiary/aromatic N) is 5. The second-order valence-corrected chi connectivity index (χ2v) is 7.02. The zero-order valence-electron chi connectivity index (χ0n) is 16.2. The summed E-state index contributed by atoms with van der Waals surface area (Å²) < 4.78 is 41.5. The molecule has 4 heterocycles. The first-order valence-electron chi connectivity index (χ1n) is 9.25. The van der Waals surface area contributed by atoms with Crippen LogP contribution in [0, 0.1) is 0 Å². The van der Waals surface area contributed by atoms with Crippen LogP contribution in [0.15, 0.2) is 77.8 Å². The molecule has 0 bridgehead atoms. The lowest BCUT2D eigenvalue weighted by atomic mass is 10.1. The van der Waals surface area contributed by atoms with Crippen molar-refractivity contribution in [2.24, 2.45) is 4.99 Å². The van der Waals surface area contributed by atoms with Crippen molar-refractivity contribution in [3.05, 3.63) is 78.5 Å². The maximum atomic E-state index is 13.6. The zero-order chi connectivity index (χ0) is 22.7. The van der Waals surface area contributed by atoms with E-state index in [1.54, 1.807) is 18.2 Å². The molecule has 3 aromatic rings. The predicted octanol–water partition coefficient (Wildman–Crippen LogP) is 4.77. The van der Waals surface area contributed by atoms with Gasteiger partial charge in [0.15, 0.2) is 11.5 Å². The van der Waals surface area contributed by atoms with E-state index in [0.29, 0.717) is 27.9 Å². The fourth-order valence-corrected chi connectivity index (χ4v) is 3.10. The molecule has 0 atom stereocenters. The summed E-state index contributed by atoms with van der Waals surface area (Å²) in [4.78, 5) is 24.3. The molecule has 0 unspecified atom stereocenters. The Morgan fingerprint density at radius 3 is 2.72 bits per heavy atom. The highest BCUT2D eigenvalue weighted by Gasteiger charge is 2.36. The molecule has 0 saturated heterocycles. The third-order valence-corrected chi connectivity index (χ3v) is 4.61. The smallest absolute Gasteiger partial charge is 0.321 e. The number of amides is 1. The van der Waals surface area contributed by atoms with Crippen molar-refractivity contribution in [3.63, 3.8) is 0 Å². The molecule has 0 spiro atoms. The fraction of sp³-hybridized carbons (Fsp3) is 0.0952. The fourth-order valence-electron chi connectivity index (χ4n) is 2.91. The van der Waals surface area contributed by atoms with Gasteiger partial charge < -0.3 is 5.32 Å². The predicted molar refractivity (Wildman–Crippen MR) is 113 cm³/mol. The Hall–Kier alpha value is -3.79. The number of carbonyl (C=O) groups is 1. The number of anilines is 1. The van der Waals surface area contributed by atoms with Crippen LogP contribution in [0.25, 0.3) is 17.1 Å². The molecule has 0 aromatic carbocycles. The van der Waals surface area contributed by atoms with Crippen molar-refractivity contribution in [1.29, 1.82) is 0 Å². The molecule has 0 fully saturated rings. The number of halogens is 4. The summed E-state index contributed by atoms with van der Waals surface area (Å²) in [5.41, 5.74) is 0.244. The van der Waals surface area contributed by atoms with E-state index in [1.807, 2.05) is 0 Å². The molecule has 1 N–H and O–H groups in total. The Morgan fingerprint density at radius 1 is 1.19 bits per heavy atom. The van der Waals surface area contributed by atoms with Gasteiger partial charge in [0, 0.05) is 29.7 Å². The van der Waals surface area contributed by atoms with Gasteiger partial charge in [-0.2, -0.15) is 18.3 Å². The van der Waals surface area contributed by atoms with E-state index in [1.165, 1.54) is 43.0 Å². The molecule has 162 valence electrons. The molecule has 4 rings (SSSR count). The first-order valence-corrected chi connectivity index (χ1v) is 9.63. The molecular formula is C21H14ClF3N6O. The lowest BCUT2D eigenvalue weighted by molar-refractivity contribution is -0.142. The first kappa shape index (κ1) is 21.4. The molecule has 32 heavy (non-hydrogen) atoms. The van der Waals surface area contributed by atoms with Gasteiger partial charge in [-0.1, -0.05) is 17.7 Å². The van der Waals surface area contributed by atoms with Gasteiger partial charge in [-0.25, -0.2) is 14.7 Å². The summed E-state index contributed by atoms with van der Waals surface area (Å²) in [6, 6.07) is 6.93. The van der Waals surface area contributed by atoms with Gasteiger partial charge in [0.1, 0.15) is 5.17 Å². The normalized spacial score (nSPS) is 13.9. The highest BCUT2D eigenvalue weighted by molar-refractivity contribution is 6.68. The number of alkyl halides is 3. The Labute approximate surface area is 185 Å². The van der Waals surface area contributed by atoms with Gasteiger partial charge in [0.2, 0.25) is 0 Å². The van der Waals surface area contributed by atoms with E-state index in [-0.39, 0.29) is 16.7 Å². The molecule has 1 amide bonds. The van der Waals surface area contributed by atoms with Crippen LogP contribution < -0.4 is 5.32 Å². The highest BCUT2D eigenvalue weighted by Crippen LogP contribution is 2.33. The van der Waals surface area contributed by atoms with Crippen LogP contribution in [0.5, 0.6) is 0 Å². The monoisotopic (exact) mass is 458 g/mol. The van der Waals surface area contributed by atoms with E-state index >= 15 is 0 Å². The molecule has 3 aromatic heterocycles. The van der Waals surface area contributed by atoms with Gasteiger partial charge in [-0.3, -0.25) is 9.78 Å². The third kappa shape index (κ3) is 4.75. The average molecular weight is 459 g/mol. The molecule has 7 nitrogen and oxygen atoms in total. The van der Waals surface area contributed by atoms with Crippen molar-refractivity contribution in [1.82, 2.24) is 19.7 Å². The Morgan fingerprint density at radius 2 is 2.03 bits per heavy atom. The van der Waals surface area contributed by atoms with Gasteiger partial charge in [0.05, 0.1) is 17.6 Å². The summed E-state index contributed by atoms with van der Waals surface area (Å²) in [5, 5.41) is 6.87. The van der Waals surface area contributed by atoms with Crippen molar-refractivity contribution in [2.75, 3.05) is 5.32 Å². The molecule has 0 radical (unpaired) electrons. The number of aromatic nitrogens is 4. The number of hydrogen-bond donors (Lipinski definition) is 1. The summed E-state index contributed by atoms with van der Waals surface area (Å²) in [6.07, 6.45) is 4.49. The van der Waals surface area contributed by atoms with Crippen LogP contribution in [0.4, 0.5) is 18.9 Å². The molecule has 1 aliphatic heterocycles. The minimum atomic E-state index is -4.65. The molecule has 0 aliphatic carbocycles. The van der Waals surface area contributed by atoms with Crippen LogP contribution >= 0.6 is 11.6 Å². The van der Waals surface area contributed by atoms with Crippen LogP contribution in [0.3, 0.4) is 0 Å². The Kier molecular flexibility index (Phi) is 5.87. The lowest BCUT2D eigenvalue weighted by Gasteiger charge is -2.10. The topological polar surface area (TPSA) is 85.1 Å². The Balaban J connectivity index is 1.60. The van der Waals surface area contributed by atoms with E-state index in [9.17, 15) is 18.0 Å². The van der Waals surface area contributed by atoms with Crippen LogP contribution in [-0.2, 0) is 11.0 Å². The number of pyridine rings is 2. The number of allylic oxidation sites excluding steroid dienone is 2. The highest BCUT2D eigenvalue weighted by atomic mass is 35.5. The number of nitrogens with one attached hydrogen (secondary N) is 1. The van der Waals surface area contributed by atoms with Crippen LogP contribution in [0.2, 0.25) is 0 Å². The van der Waals surface area contributed by atoms with Crippen molar-refractivity contribution in [2.45, 2.75) is 12.6 Å². The minimum absolute atomic E-state index is 0.0581. The first-order chi connectivity index (χ1) is 15.3. The average Bonchev–Trinajstić information content (AvgIpc) is 3.12. The summed E-state index contributed by atoms with van der Waals surface area (Å²) >= 11 is 5.87. The summed E-state index contributed by atoms with van der Waals surface area (Å²) in [7, 11) is 0. The lowest BCUT2D eigenvalue weighted by Crippen LogP contribution is -2.16. The van der Waals surface area contributed by atoms with Crippen molar-refractivity contribution in [3.8, 4) is 17.1 Å². The van der Waals surface area contributed by atoms with Gasteiger partial charge >= 0.3 is 6.18 Å². The van der Waals surface area contributed by atoms with Gasteiger partial charge in [0.25, 0.3) is 5.91 Å². The standard InChI is InChI=1S/C21H14ClF3N6O/c22-18-9-13(3-2-8-27-18)20(32)29-15-5-6-19(28-12-15)31-17(21(23,24)25)10-16(30-31)14-4-1-7-26-11-14/h1-2,4-12H,3H2,(H,29,32). The van der Waals surface area contributed by atoms with Crippen molar-refractivity contribution >= 4 is 28.4 Å². The quantitative estimate of drug-likeness (QED) is 0.610. The molecule has 0 saturated carbocycles. The molecular weight excluding hydrogens is 445 g/mol.